The normalized spacial score (nSPS) is 15.4. The highest BCUT2D eigenvalue weighted by atomic mass is 32.2. The lowest BCUT2D eigenvalue weighted by Crippen LogP contribution is -2.27. The third-order valence-electron chi connectivity index (χ3n) is 1.91. The molecule has 1 N–H and O–H groups in total. The molecule has 0 saturated carbocycles. The minimum Gasteiger partial charge on any atom is -0.469 e. The topological polar surface area (TPSA) is 54.6 Å². The van der Waals surface area contributed by atoms with Crippen LogP contribution in [-0.2, 0) is 0 Å². The van der Waals surface area contributed by atoms with Crippen LogP contribution in [0.5, 0.6) is 0 Å². The fourth-order valence-electron chi connectivity index (χ4n) is 1.20. The molecule has 0 fully saturated rings. The maximum Gasteiger partial charge on any atom is 0.260 e. The molecule has 0 saturated heterocycles. The number of amides is 1. The Morgan fingerprint density at radius 2 is 2.57 bits per heavy atom. The van der Waals surface area contributed by atoms with E-state index in [1.165, 1.54) is 6.26 Å². The molecule has 0 aliphatic carbocycles. The lowest BCUT2D eigenvalue weighted by molar-refractivity contribution is 0.0976. The van der Waals surface area contributed by atoms with Gasteiger partial charge in [-0.2, -0.15) is 0 Å². The molecule has 0 bridgehead atoms. The second-order valence-corrected chi connectivity index (χ2v) is 3.96. The van der Waals surface area contributed by atoms with Crippen LogP contribution in [0.3, 0.4) is 0 Å². The summed E-state index contributed by atoms with van der Waals surface area (Å²) < 4.78 is 5.04. The average Bonchev–Trinajstić information content (AvgIpc) is 2.75. The second kappa shape index (κ2) is 3.88. The van der Waals surface area contributed by atoms with Crippen LogP contribution in [0.25, 0.3) is 0 Å². The molecule has 0 radical (unpaired) electrons. The first-order chi connectivity index (χ1) is 6.77. The summed E-state index contributed by atoms with van der Waals surface area (Å²) in [6.45, 7) is 2.54. The van der Waals surface area contributed by atoms with E-state index in [-0.39, 0.29) is 5.91 Å². The average molecular weight is 210 g/mol. The molecule has 1 aromatic rings. The third kappa shape index (κ3) is 1.82. The van der Waals surface area contributed by atoms with Gasteiger partial charge in [0.1, 0.15) is 5.76 Å². The zero-order valence-corrected chi connectivity index (χ0v) is 8.56. The summed E-state index contributed by atoms with van der Waals surface area (Å²) in [5, 5.41) is 3.44. The Hall–Kier alpha value is -1.23. The van der Waals surface area contributed by atoms with E-state index in [0.29, 0.717) is 16.5 Å². The monoisotopic (exact) mass is 210 g/mol. The summed E-state index contributed by atoms with van der Waals surface area (Å²) in [5.74, 6) is 1.43. The first kappa shape index (κ1) is 9.33. The molecule has 1 amide bonds. The molecule has 74 valence electrons. The molecule has 1 aliphatic heterocycles. The van der Waals surface area contributed by atoms with Crippen LogP contribution < -0.4 is 5.32 Å². The molecule has 0 spiro atoms. The van der Waals surface area contributed by atoms with E-state index in [1.54, 1.807) is 24.8 Å². The number of nitrogens with zero attached hydrogens (tertiary/aromatic N) is 1. The van der Waals surface area contributed by atoms with Gasteiger partial charge in [-0.25, -0.2) is 0 Å². The molecule has 0 unspecified atom stereocenters. The van der Waals surface area contributed by atoms with Crippen LogP contribution in [0.15, 0.2) is 21.7 Å². The highest BCUT2D eigenvalue weighted by Crippen LogP contribution is 2.12. The van der Waals surface area contributed by atoms with Crippen LogP contribution in [0.4, 0.5) is 0 Å². The number of aryl methyl sites for hydroxylation is 1. The van der Waals surface area contributed by atoms with E-state index in [9.17, 15) is 4.79 Å². The fourth-order valence-corrected chi connectivity index (χ4v) is 1.92. The largest absolute Gasteiger partial charge is 0.469 e. The van der Waals surface area contributed by atoms with Crippen LogP contribution in [0.1, 0.15) is 16.1 Å². The lowest BCUT2D eigenvalue weighted by Gasteiger charge is -2.01. The first-order valence-corrected chi connectivity index (χ1v) is 5.28. The maximum atomic E-state index is 11.6. The van der Waals surface area contributed by atoms with E-state index in [1.807, 2.05) is 0 Å². The Bertz CT molecular complexity index is 384. The molecule has 4 nitrogen and oxygen atoms in total. The van der Waals surface area contributed by atoms with Crippen molar-refractivity contribution in [3.8, 4) is 0 Å². The van der Waals surface area contributed by atoms with Crippen molar-refractivity contribution in [2.45, 2.75) is 6.92 Å². The highest BCUT2D eigenvalue weighted by molar-refractivity contribution is 8.14. The molecular formula is C9H10N2O2S. The molecule has 2 heterocycles. The van der Waals surface area contributed by atoms with Gasteiger partial charge in [-0.3, -0.25) is 9.79 Å². The minimum absolute atomic E-state index is 0.149. The van der Waals surface area contributed by atoms with Gasteiger partial charge in [0.25, 0.3) is 5.91 Å². The number of hydrogen-bond donors (Lipinski definition) is 1. The van der Waals surface area contributed by atoms with Crippen LogP contribution >= 0.6 is 11.8 Å². The molecule has 0 aromatic carbocycles. The van der Waals surface area contributed by atoms with Crippen molar-refractivity contribution in [1.82, 2.24) is 5.32 Å². The number of furan rings is 1. The predicted molar refractivity (Wildman–Crippen MR) is 55.7 cm³/mol. The second-order valence-electron chi connectivity index (χ2n) is 2.88. The lowest BCUT2D eigenvalue weighted by atomic mass is 10.2. The Balaban J connectivity index is 2.06. The molecular weight excluding hydrogens is 200 g/mol. The summed E-state index contributed by atoms with van der Waals surface area (Å²) in [6, 6.07) is 1.66. The van der Waals surface area contributed by atoms with Gasteiger partial charge < -0.3 is 9.73 Å². The van der Waals surface area contributed by atoms with E-state index in [2.05, 4.69) is 10.3 Å². The number of aliphatic imine (C=N–C) groups is 1. The molecule has 5 heteroatoms. The number of carbonyl (C=O) groups is 1. The number of hydrogen-bond acceptors (Lipinski definition) is 4. The van der Waals surface area contributed by atoms with E-state index in [4.69, 9.17) is 4.42 Å². The third-order valence-corrected chi connectivity index (χ3v) is 2.80. The quantitative estimate of drug-likeness (QED) is 0.762. The summed E-state index contributed by atoms with van der Waals surface area (Å²) in [5.41, 5.74) is 0.570. The first-order valence-electron chi connectivity index (χ1n) is 4.30. The standard InChI is InChI=1S/C9H10N2O2S/c1-6-7(2-4-13-6)8(12)11-9-10-3-5-14-9/h2,4H,3,5H2,1H3,(H,10,11,12). The number of amidine groups is 1. The van der Waals surface area contributed by atoms with Crippen molar-refractivity contribution in [1.29, 1.82) is 0 Å². The van der Waals surface area contributed by atoms with E-state index < -0.39 is 0 Å². The van der Waals surface area contributed by atoms with Gasteiger partial charge >= 0.3 is 0 Å². The number of carbonyl (C=O) groups excluding carboxylic acids is 1. The number of thioether (sulfide) groups is 1. The van der Waals surface area contributed by atoms with Crippen LogP contribution in [-0.4, -0.2) is 23.4 Å². The summed E-state index contributed by atoms with van der Waals surface area (Å²) in [4.78, 5) is 15.7. The van der Waals surface area contributed by atoms with E-state index >= 15 is 0 Å². The predicted octanol–water partition coefficient (Wildman–Crippen LogP) is 1.42. The molecule has 0 atom stereocenters. The molecule has 1 aromatic heterocycles. The Morgan fingerprint density at radius 3 is 3.14 bits per heavy atom. The maximum absolute atomic E-state index is 11.6. The van der Waals surface area contributed by atoms with Crippen molar-refractivity contribution in [3.05, 3.63) is 23.7 Å². The molecule has 1 aliphatic rings. The van der Waals surface area contributed by atoms with Crippen LogP contribution in [0, 0.1) is 6.92 Å². The van der Waals surface area contributed by atoms with Crippen molar-refractivity contribution in [2.75, 3.05) is 12.3 Å². The van der Waals surface area contributed by atoms with Gasteiger partial charge in [0.05, 0.1) is 18.4 Å². The molecule has 14 heavy (non-hydrogen) atoms. The van der Waals surface area contributed by atoms with Gasteiger partial charge in [0, 0.05) is 5.75 Å². The zero-order valence-electron chi connectivity index (χ0n) is 7.74. The van der Waals surface area contributed by atoms with Gasteiger partial charge in [-0.1, -0.05) is 11.8 Å². The Labute approximate surface area is 85.8 Å². The number of rotatable bonds is 1. The van der Waals surface area contributed by atoms with Gasteiger partial charge in [0.15, 0.2) is 5.17 Å². The van der Waals surface area contributed by atoms with Crippen molar-refractivity contribution >= 4 is 22.8 Å². The van der Waals surface area contributed by atoms with Crippen LogP contribution in [0.2, 0.25) is 0 Å². The Kier molecular flexibility index (Phi) is 2.58. The van der Waals surface area contributed by atoms with E-state index in [0.717, 1.165) is 12.3 Å². The van der Waals surface area contributed by atoms with Gasteiger partial charge in [-0.05, 0) is 13.0 Å². The van der Waals surface area contributed by atoms with Gasteiger partial charge in [0.2, 0.25) is 0 Å². The van der Waals surface area contributed by atoms with Crippen molar-refractivity contribution in [2.24, 2.45) is 4.99 Å². The zero-order chi connectivity index (χ0) is 9.97. The fraction of sp³-hybridized carbons (Fsp3) is 0.333. The minimum atomic E-state index is -0.149. The van der Waals surface area contributed by atoms with Crippen molar-refractivity contribution in [3.63, 3.8) is 0 Å². The number of nitrogens with one attached hydrogen (secondary N) is 1. The smallest absolute Gasteiger partial charge is 0.260 e. The highest BCUT2D eigenvalue weighted by Gasteiger charge is 2.15. The Morgan fingerprint density at radius 1 is 1.71 bits per heavy atom. The summed E-state index contributed by atoms with van der Waals surface area (Å²) >= 11 is 1.56. The van der Waals surface area contributed by atoms with Crippen molar-refractivity contribution < 1.29 is 9.21 Å². The summed E-state index contributed by atoms with van der Waals surface area (Å²) in [6.07, 6.45) is 1.51. The summed E-state index contributed by atoms with van der Waals surface area (Å²) in [7, 11) is 0. The van der Waals surface area contributed by atoms with Gasteiger partial charge in [-0.15, -0.1) is 0 Å². The SMILES string of the molecule is Cc1occc1C(=O)NC1=NCCS1. The molecule has 2 rings (SSSR count).